The van der Waals surface area contributed by atoms with E-state index in [2.05, 4.69) is 5.10 Å². The molecular weight excluding hydrogens is 479 g/mol. The van der Waals surface area contributed by atoms with Crippen molar-refractivity contribution in [2.45, 2.75) is 25.9 Å². The van der Waals surface area contributed by atoms with Gasteiger partial charge in [-0.05, 0) is 13.0 Å². The number of aliphatic hydroxyl groups excluding tert-OH is 1. The zero-order chi connectivity index (χ0) is 24.3. The highest BCUT2D eigenvalue weighted by atomic mass is 35.5. The van der Waals surface area contributed by atoms with Crippen molar-refractivity contribution in [3.8, 4) is 11.8 Å². The predicted molar refractivity (Wildman–Crippen MR) is 121 cm³/mol. The summed E-state index contributed by atoms with van der Waals surface area (Å²) < 4.78 is 31.4. The van der Waals surface area contributed by atoms with Gasteiger partial charge in [0.1, 0.15) is 18.0 Å². The molecule has 2 aliphatic rings. The van der Waals surface area contributed by atoms with Crippen molar-refractivity contribution < 1.29 is 23.4 Å². The van der Waals surface area contributed by atoms with Crippen LogP contribution in [0.3, 0.4) is 0 Å². The maximum absolute atomic E-state index is 13.1. The second-order valence-electron chi connectivity index (χ2n) is 7.56. The molecule has 0 spiro atoms. The molecule has 0 aliphatic carbocycles. The summed E-state index contributed by atoms with van der Waals surface area (Å²) in [5.74, 6) is 0.125. The molecule has 0 radical (unpaired) electrons. The Labute approximate surface area is 200 Å². The molecule has 2 heterocycles. The van der Waals surface area contributed by atoms with Gasteiger partial charge in [-0.1, -0.05) is 23.2 Å². The molecule has 178 valence electrons. The summed E-state index contributed by atoms with van der Waals surface area (Å²) in [6.45, 7) is 2.97. The van der Waals surface area contributed by atoms with Crippen molar-refractivity contribution in [1.82, 2.24) is 9.91 Å². The van der Waals surface area contributed by atoms with E-state index in [9.17, 15) is 23.9 Å². The van der Waals surface area contributed by atoms with E-state index in [1.165, 1.54) is 18.2 Å². The number of carbonyl (C=O) groups excluding carboxylic acids is 1. The van der Waals surface area contributed by atoms with Gasteiger partial charge >= 0.3 is 0 Å². The molecule has 2 aliphatic heterocycles. The molecular formula is C21H23Cl2F2N5O3. The van der Waals surface area contributed by atoms with Gasteiger partial charge in [-0.2, -0.15) is 10.4 Å². The van der Waals surface area contributed by atoms with Crippen LogP contribution in [0.15, 0.2) is 28.0 Å². The Morgan fingerprint density at radius 1 is 1.30 bits per heavy atom. The molecule has 0 bridgehead atoms. The Balaban J connectivity index is 1.71. The molecule has 1 N–H and O–H groups in total. The number of ether oxygens (including phenoxy) is 1. The van der Waals surface area contributed by atoms with Crippen LogP contribution in [0.4, 0.5) is 14.5 Å². The number of rotatable bonds is 6. The number of hydrogen-bond acceptors (Lipinski definition) is 7. The summed E-state index contributed by atoms with van der Waals surface area (Å²) in [5.41, 5.74) is 1.03. The summed E-state index contributed by atoms with van der Waals surface area (Å²) in [5, 5.41) is 24.9. The first-order valence-electron chi connectivity index (χ1n) is 10.1. The second kappa shape index (κ2) is 10.5. The van der Waals surface area contributed by atoms with Gasteiger partial charge in [-0.25, -0.2) is 8.78 Å². The van der Waals surface area contributed by atoms with Crippen LogP contribution >= 0.6 is 23.2 Å². The summed E-state index contributed by atoms with van der Waals surface area (Å²) >= 11 is 12.2. The number of methoxy groups -OCH3 is 1. The lowest BCUT2D eigenvalue weighted by Crippen LogP contribution is -2.51. The number of halogens is 4. The monoisotopic (exact) mass is 501 g/mol. The molecule has 12 heteroatoms. The van der Waals surface area contributed by atoms with Gasteiger partial charge in [-0.3, -0.25) is 9.80 Å². The van der Waals surface area contributed by atoms with E-state index in [1.54, 1.807) is 24.0 Å². The van der Waals surface area contributed by atoms with Gasteiger partial charge < -0.3 is 19.6 Å². The van der Waals surface area contributed by atoms with Crippen LogP contribution in [0.2, 0.25) is 5.02 Å². The third-order valence-corrected chi connectivity index (χ3v) is 6.30. The lowest BCUT2D eigenvalue weighted by atomic mass is 10.1. The number of amides is 1. The summed E-state index contributed by atoms with van der Waals surface area (Å²) in [6.07, 6.45) is -4.25. The minimum atomic E-state index is -2.75. The number of piperazine rings is 1. The van der Waals surface area contributed by atoms with Gasteiger partial charge in [0.05, 0.1) is 18.2 Å². The third kappa shape index (κ3) is 5.49. The van der Waals surface area contributed by atoms with E-state index in [1.807, 2.05) is 4.90 Å². The number of nitrogens with zero attached hydrogens (tertiary/aromatic N) is 5. The SMILES string of the molecule is COc1cc(N2CCN(C(=O)CN3N=C(C(F)F)CC(Cl)=C3C)CC2)c(C(O)C#N)cc1Cl. The van der Waals surface area contributed by atoms with Crippen molar-refractivity contribution in [1.29, 1.82) is 5.26 Å². The molecule has 1 atom stereocenters. The fourth-order valence-corrected chi connectivity index (χ4v) is 4.15. The Kier molecular flexibility index (Phi) is 8.00. The Bertz CT molecular complexity index is 1020. The van der Waals surface area contributed by atoms with E-state index in [-0.39, 0.29) is 34.6 Å². The summed E-state index contributed by atoms with van der Waals surface area (Å²) in [4.78, 5) is 16.4. The minimum absolute atomic E-state index is 0.129. The van der Waals surface area contributed by atoms with Crippen LogP contribution < -0.4 is 9.64 Å². The zero-order valence-electron chi connectivity index (χ0n) is 18.1. The van der Waals surface area contributed by atoms with Gasteiger partial charge in [0.25, 0.3) is 6.43 Å². The van der Waals surface area contributed by atoms with Crippen LogP contribution in [0.25, 0.3) is 0 Å². The maximum atomic E-state index is 13.1. The largest absolute Gasteiger partial charge is 0.495 e. The topological polar surface area (TPSA) is 92.4 Å². The van der Waals surface area contributed by atoms with Crippen molar-refractivity contribution in [3.63, 3.8) is 0 Å². The Morgan fingerprint density at radius 2 is 1.97 bits per heavy atom. The number of benzene rings is 1. The standard InChI is InChI=1S/C21H23Cl2F2N5O3/c1-12-14(22)8-16(21(24)25)27-30(12)11-20(32)29-5-3-28(4-6-29)17-9-19(33-2)15(23)7-13(17)18(31)10-26/h7,9,18,21,31H,3-6,8,11H2,1-2H3. The van der Waals surface area contributed by atoms with Crippen LogP contribution in [-0.2, 0) is 4.79 Å². The number of hydrogen-bond donors (Lipinski definition) is 1. The van der Waals surface area contributed by atoms with Gasteiger partial charge in [0.2, 0.25) is 5.91 Å². The first kappa shape index (κ1) is 25.0. The molecule has 1 unspecified atom stereocenters. The maximum Gasteiger partial charge on any atom is 0.278 e. The Morgan fingerprint density at radius 3 is 2.55 bits per heavy atom. The lowest BCUT2D eigenvalue weighted by Gasteiger charge is -2.38. The number of aliphatic hydroxyl groups is 1. The first-order valence-corrected chi connectivity index (χ1v) is 10.9. The fourth-order valence-electron chi connectivity index (χ4n) is 3.67. The number of anilines is 1. The van der Waals surface area contributed by atoms with Crippen LogP contribution in [0.1, 0.15) is 25.0 Å². The van der Waals surface area contributed by atoms with Crippen molar-refractivity contribution in [2.24, 2.45) is 5.10 Å². The Hall–Kier alpha value is -2.61. The predicted octanol–water partition coefficient (Wildman–Crippen LogP) is 3.35. The average molecular weight is 502 g/mol. The van der Waals surface area contributed by atoms with E-state index in [0.29, 0.717) is 48.9 Å². The number of hydrazone groups is 1. The second-order valence-corrected chi connectivity index (χ2v) is 8.43. The van der Waals surface area contributed by atoms with E-state index < -0.39 is 12.5 Å². The highest BCUT2D eigenvalue weighted by molar-refractivity contribution is 6.32. The smallest absolute Gasteiger partial charge is 0.278 e. The molecule has 1 fully saturated rings. The summed E-state index contributed by atoms with van der Waals surface area (Å²) in [7, 11) is 1.47. The number of nitriles is 1. The van der Waals surface area contributed by atoms with Crippen LogP contribution in [-0.4, -0.2) is 72.9 Å². The summed E-state index contributed by atoms with van der Waals surface area (Å²) in [6, 6.07) is 4.94. The minimum Gasteiger partial charge on any atom is -0.495 e. The van der Waals surface area contributed by atoms with Crippen molar-refractivity contribution in [2.75, 3.05) is 44.7 Å². The normalized spacial score (nSPS) is 17.8. The molecule has 1 saturated heterocycles. The van der Waals surface area contributed by atoms with Gasteiger partial charge in [-0.15, -0.1) is 0 Å². The van der Waals surface area contributed by atoms with Crippen LogP contribution in [0.5, 0.6) is 5.75 Å². The van der Waals surface area contributed by atoms with E-state index in [4.69, 9.17) is 27.9 Å². The molecule has 3 rings (SSSR count). The molecule has 33 heavy (non-hydrogen) atoms. The van der Waals surface area contributed by atoms with Gasteiger partial charge in [0.15, 0.2) is 6.10 Å². The average Bonchev–Trinajstić information content (AvgIpc) is 2.81. The highest BCUT2D eigenvalue weighted by Crippen LogP contribution is 2.36. The number of allylic oxidation sites excluding steroid dienone is 2. The molecule has 0 saturated carbocycles. The van der Waals surface area contributed by atoms with Crippen molar-refractivity contribution >= 4 is 40.5 Å². The third-order valence-electron chi connectivity index (χ3n) is 5.59. The van der Waals surface area contributed by atoms with Crippen LogP contribution in [0, 0.1) is 11.3 Å². The molecule has 1 aromatic carbocycles. The molecule has 1 amide bonds. The fraction of sp³-hybridized carbons (Fsp3) is 0.476. The van der Waals surface area contributed by atoms with Crippen molar-refractivity contribution in [3.05, 3.63) is 33.4 Å². The number of carbonyl (C=O) groups is 1. The lowest BCUT2D eigenvalue weighted by molar-refractivity contribution is -0.132. The number of alkyl halides is 2. The van der Waals surface area contributed by atoms with E-state index >= 15 is 0 Å². The molecule has 8 nitrogen and oxygen atoms in total. The highest BCUT2D eigenvalue weighted by Gasteiger charge is 2.29. The molecule has 1 aromatic rings. The van der Waals surface area contributed by atoms with Gasteiger partial charge in [0, 0.05) is 60.6 Å². The zero-order valence-corrected chi connectivity index (χ0v) is 19.6. The quantitative estimate of drug-likeness (QED) is 0.600. The first-order chi connectivity index (χ1) is 15.7. The van der Waals surface area contributed by atoms with E-state index in [0.717, 1.165) is 0 Å². The molecule has 0 aromatic heterocycles.